The molecule has 0 aromatic rings. The van der Waals surface area contributed by atoms with Gasteiger partial charge in [-0.05, 0) is 25.2 Å². The number of aliphatic hydroxyl groups excluding tert-OH is 3. The van der Waals surface area contributed by atoms with Crippen molar-refractivity contribution in [3.63, 3.8) is 0 Å². The average Bonchev–Trinajstić information content (AvgIpc) is 3.37. The highest BCUT2D eigenvalue weighted by Crippen LogP contribution is 2.38. The van der Waals surface area contributed by atoms with Crippen LogP contribution in [0.5, 0.6) is 0 Å². The van der Waals surface area contributed by atoms with Gasteiger partial charge in [-0.25, -0.2) is 0 Å². The first-order chi connectivity index (χ1) is 25.7. The molecule has 0 aromatic heterocycles. The molecule has 7 atom stereocenters. The number of hydrogen-bond acceptors (Lipinski definition) is 11. The van der Waals surface area contributed by atoms with Gasteiger partial charge in [0.05, 0.1) is 52.5 Å². The maximum Gasteiger partial charge on any atom is 0.309 e. The summed E-state index contributed by atoms with van der Waals surface area (Å²) in [6, 6.07) is 0. The minimum absolute atomic E-state index is 0.0795. The van der Waals surface area contributed by atoms with Crippen LogP contribution in [0, 0.1) is 11.8 Å². The summed E-state index contributed by atoms with van der Waals surface area (Å²) < 4.78 is 33.7. The molecule has 13 heteroatoms. The number of allylic oxidation sites excluding steroid dienone is 1. The largest absolute Gasteiger partial charge is 0.756 e. The topological polar surface area (TPSA) is 172 Å². The second kappa shape index (κ2) is 29.6. The molecular formula is C41H76NO11P. The molecule has 54 heavy (non-hydrogen) atoms. The number of aliphatic hydroxyl groups is 3. The number of phosphoric ester groups is 1. The molecule has 0 bridgehead atoms. The van der Waals surface area contributed by atoms with E-state index in [4.69, 9.17) is 18.5 Å². The van der Waals surface area contributed by atoms with Gasteiger partial charge in [-0.2, -0.15) is 0 Å². The highest BCUT2D eigenvalue weighted by molar-refractivity contribution is 7.45. The summed E-state index contributed by atoms with van der Waals surface area (Å²) in [5.41, 5.74) is 0. The van der Waals surface area contributed by atoms with Gasteiger partial charge in [0, 0.05) is 18.8 Å². The molecule has 1 aliphatic carbocycles. The molecule has 1 aliphatic rings. The summed E-state index contributed by atoms with van der Waals surface area (Å²) >= 11 is 0. The van der Waals surface area contributed by atoms with E-state index in [1.54, 1.807) is 24.3 Å². The van der Waals surface area contributed by atoms with Gasteiger partial charge in [-0.3, -0.25) is 14.2 Å². The number of carbonyl (C=O) groups is 2. The zero-order valence-electron chi connectivity index (χ0n) is 34.2. The molecule has 0 heterocycles. The monoisotopic (exact) mass is 790 g/mol. The molecule has 3 N–H and O–H groups in total. The summed E-state index contributed by atoms with van der Waals surface area (Å²) in [6.07, 6.45) is 22.0. The predicted octanol–water partition coefficient (Wildman–Crippen LogP) is 6.93. The van der Waals surface area contributed by atoms with E-state index in [9.17, 15) is 34.4 Å². The summed E-state index contributed by atoms with van der Waals surface area (Å²) in [5, 5.41) is 31.3. The van der Waals surface area contributed by atoms with Crippen LogP contribution in [0.1, 0.15) is 142 Å². The number of likely N-dealkylation sites (N-methyl/N-ethyl adjacent to an activating group) is 1. The van der Waals surface area contributed by atoms with Crippen molar-refractivity contribution in [3.8, 4) is 0 Å². The third-order valence-corrected chi connectivity index (χ3v) is 10.8. The van der Waals surface area contributed by atoms with E-state index in [1.165, 1.54) is 51.4 Å². The Bertz CT molecular complexity index is 1100. The Hall–Kier alpha value is -1.63. The molecular weight excluding hydrogens is 713 g/mol. The molecule has 0 radical (unpaired) electrons. The Labute approximate surface area is 326 Å². The number of ether oxygens (including phenoxy) is 2. The molecule has 0 spiro atoms. The van der Waals surface area contributed by atoms with Crippen molar-refractivity contribution in [3.05, 3.63) is 24.3 Å². The maximum absolute atomic E-state index is 12.7. The van der Waals surface area contributed by atoms with Gasteiger partial charge in [0.15, 0.2) is 6.10 Å². The van der Waals surface area contributed by atoms with E-state index < -0.39 is 57.4 Å². The smallest absolute Gasteiger partial charge is 0.309 e. The minimum atomic E-state index is -4.70. The highest BCUT2D eigenvalue weighted by atomic mass is 31.2. The number of quaternary nitrogens is 1. The summed E-state index contributed by atoms with van der Waals surface area (Å²) in [4.78, 5) is 37.7. The van der Waals surface area contributed by atoms with Crippen LogP contribution in [-0.4, -0.2) is 104 Å². The van der Waals surface area contributed by atoms with Crippen LogP contribution >= 0.6 is 7.82 Å². The van der Waals surface area contributed by atoms with Gasteiger partial charge in [-0.15, -0.1) is 0 Å². The number of rotatable bonds is 33. The van der Waals surface area contributed by atoms with Gasteiger partial charge < -0.3 is 43.2 Å². The fourth-order valence-corrected chi connectivity index (χ4v) is 7.18. The molecule has 1 unspecified atom stereocenters. The van der Waals surface area contributed by atoms with E-state index >= 15 is 0 Å². The predicted molar refractivity (Wildman–Crippen MR) is 210 cm³/mol. The zero-order chi connectivity index (χ0) is 40.2. The fourth-order valence-electron chi connectivity index (χ4n) is 6.45. The molecule has 0 saturated heterocycles. The van der Waals surface area contributed by atoms with Gasteiger partial charge in [-0.1, -0.05) is 128 Å². The minimum Gasteiger partial charge on any atom is -0.756 e. The van der Waals surface area contributed by atoms with Crippen molar-refractivity contribution in [2.75, 3.05) is 47.5 Å². The summed E-state index contributed by atoms with van der Waals surface area (Å²) in [5.74, 6) is -1.73. The normalized spacial score (nSPS) is 21.4. The third-order valence-electron chi connectivity index (χ3n) is 9.83. The molecule has 0 aromatic carbocycles. The third kappa shape index (κ3) is 26.3. The van der Waals surface area contributed by atoms with Crippen molar-refractivity contribution in [1.29, 1.82) is 0 Å². The van der Waals surface area contributed by atoms with Gasteiger partial charge in [0.2, 0.25) is 0 Å². The van der Waals surface area contributed by atoms with E-state index in [-0.39, 0.29) is 37.7 Å². The average molecular weight is 790 g/mol. The molecule has 0 aliphatic heterocycles. The van der Waals surface area contributed by atoms with Crippen LogP contribution in [-0.2, 0) is 32.7 Å². The zero-order valence-corrected chi connectivity index (χ0v) is 35.1. The van der Waals surface area contributed by atoms with E-state index in [0.717, 1.165) is 38.5 Å². The Morgan fingerprint density at radius 3 is 2.02 bits per heavy atom. The number of carbonyl (C=O) groups excluding carboxylic acids is 2. The molecule has 0 amide bonds. The maximum atomic E-state index is 12.7. The van der Waals surface area contributed by atoms with Gasteiger partial charge in [0.1, 0.15) is 19.8 Å². The SMILES string of the molecule is CCCCCCCCCCCCCCC(=O)O[C@H](COC(=O)C/C=C\C[C@H]1[C@@H](/C=C/[C@H](O)CCCCC)[C@H](O)C[C@@H]1O)COP(=O)([O-])OCC[N+](C)(C)C. The highest BCUT2D eigenvalue weighted by Gasteiger charge is 2.39. The van der Waals surface area contributed by atoms with Crippen LogP contribution in [0.15, 0.2) is 24.3 Å². The van der Waals surface area contributed by atoms with Crippen LogP contribution in [0.25, 0.3) is 0 Å². The van der Waals surface area contributed by atoms with Gasteiger partial charge in [0.25, 0.3) is 7.82 Å². The molecule has 316 valence electrons. The number of hydrogen-bond donors (Lipinski definition) is 3. The number of phosphoric acid groups is 1. The second-order valence-electron chi connectivity index (χ2n) is 16.0. The molecule has 1 saturated carbocycles. The lowest BCUT2D eigenvalue weighted by molar-refractivity contribution is -0.870. The summed E-state index contributed by atoms with van der Waals surface area (Å²) in [7, 11) is 0.997. The van der Waals surface area contributed by atoms with E-state index in [1.807, 2.05) is 21.1 Å². The molecule has 1 rings (SSSR count). The first-order valence-electron chi connectivity index (χ1n) is 20.8. The Balaban J connectivity index is 2.60. The molecule has 1 fully saturated rings. The lowest BCUT2D eigenvalue weighted by Crippen LogP contribution is -2.37. The number of esters is 2. The number of nitrogens with zero attached hydrogens (tertiary/aromatic N) is 1. The van der Waals surface area contributed by atoms with E-state index in [0.29, 0.717) is 30.3 Å². The lowest BCUT2D eigenvalue weighted by Gasteiger charge is -2.28. The molecule has 12 nitrogen and oxygen atoms in total. The van der Waals surface area contributed by atoms with Crippen molar-refractivity contribution in [2.45, 2.75) is 167 Å². The second-order valence-corrected chi connectivity index (χ2v) is 17.4. The Kier molecular flexibility index (Phi) is 27.6. The van der Waals surface area contributed by atoms with Crippen molar-refractivity contribution in [1.82, 2.24) is 0 Å². The standard InChI is InChI=1S/C41H76NO11P/c1-6-8-10-11-12-13-14-15-16-17-18-20-26-41(47)53-35(33-52-54(48,49)51-30-29-42(3,4)5)32-50-40(46)25-22-21-24-36-37(39(45)31-38(36)44)28-27-34(43)23-19-9-7-2/h21-22,27-28,34-39,43-45H,6-20,23-26,29-33H2,1-5H3/b22-21-,28-27+/t34-,35-,36+,37-,38+,39-/m1/s1. The summed E-state index contributed by atoms with van der Waals surface area (Å²) in [6.45, 7) is 3.73. The first-order valence-corrected chi connectivity index (χ1v) is 22.3. The van der Waals surface area contributed by atoms with Crippen LogP contribution in [0.2, 0.25) is 0 Å². The number of unbranched alkanes of at least 4 members (excludes halogenated alkanes) is 13. The fraction of sp³-hybridized carbons (Fsp3) is 0.854. The van der Waals surface area contributed by atoms with Crippen molar-refractivity contribution < 1.29 is 57.4 Å². The first kappa shape index (κ1) is 50.4. The van der Waals surface area contributed by atoms with Crippen LogP contribution in [0.3, 0.4) is 0 Å². The van der Waals surface area contributed by atoms with E-state index in [2.05, 4.69) is 13.8 Å². The van der Waals surface area contributed by atoms with Crippen LogP contribution < -0.4 is 4.89 Å². The quantitative estimate of drug-likeness (QED) is 0.0207. The van der Waals surface area contributed by atoms with Crippen molar-refractivity contribution >= 4 is 19.8 Å². The van der Waals surface area contributed by atoms with Crippen LogP contribution in [0.4, 0.5) is 0 Å². The van der Waals surface area contributed by atoms with Crippen molar-refractivity contribution in [2.24, 2.45) is 11.8 Å². The lowest BCUT2D eigenvalue weighted by atomic mass is 9.89. The Morgan fingerprint density at radius 1 is 0.815 bits per heavy atom. The van der Waals surface area contributed by atoms with Gasteiger partial charge >= 0.3 is 11.9 Å². The Morgan fingerprint density at radius 2 is 1.41 bits per heavy atom.